The van der Waals surface area contributed by atoms with Gasteiger partial charge in [-0.1, -0.05) is 12.1 Å². The molecule has 0 fully saturated rings. The minimum Gasteiger partial charge on any atom is -0.490 e. The largest absolute Gasteiger partial charge is 0.490 e. The van der Waals surface area contributed by atoms with E-state index in [1.165, 1.54) is 6.20 Å². The second-order valence-electron chi connectivity index (χ2n) is 6.89. The van der Waals surface area contributed by atoms with Crippen molar-refractivity contribution >= 4 is 5.91 Å². The van der Waals surface area contributed by atoms with Gasteiger partial charge >= 0.3 is 0 Å². The molecule has 8 nitrogen and oxygen atoms in total. The van der Waals surface area contributed by atoms with Crippen molar-refractivity contribution in [3.05, 3.63) is 59.3 Å². The van der Waals surface area contributed by atoms with Crippen molar-refractivity contribution in [1.82, 2.24) is 10.6 Å². The standard InChI is InChI=1S/C24H27N3O5/c1-3-29-20-7-5-17(11-22(20)30-4-2)9-10-26-15-19(13-25)24(28)27-14-18-6-8-21-23(12-18)32-16-31-21/h5-8,11-12,15,26H,3-4,9-10,14,16H2,1-2H3,(H,27,28)/b19-15-. The van der Waals surface area contributed by atoms with Crippen molar-refractivity contribution in [3.8, 4) is 29.1 Å². The van der Waals surface area contributed by atoms with Crippen molar-refractivity contribution in [2.75, 3.05) is 26.6 Å². The number of rotatable bonds is 11. The molecular weight excluding hydrogens is 410 g/mol. The van der Waals surface area contributed by atoms with E-state index in [4.69, 9.17) is 18.9 Å². The van der Waals surface area contributed by atoms with Gasteiger partial charge in [0.2, 0.25) is 6.79 Å². The summed E-state index contributed by atoms with van der Waals surface area (Å²) in [7, 11) is 0. The summed E-state index contributed by atoms with van der Waals surface area (Å²) in [6.45, 7) is 6.01. The summed E-state index contributed by atoms with van der Waals surface area (Å²) in [5, 5.41) is 15.1. The Morgan fingerprint density at radius 3 is 2.59 bits per heavy atom. The lowest BCUT2D eigenvalue weighted by atomic mass is 10.1. The molecule has 3 rings (SSSR count). The molecule has 0 aliphatic carbocycles. The number of nitrogens with zero attached hydrogens (tertiary/aromatic N) is 1. The van der Waals surface area contributed by atoms with Crippen LogP contribution in [0.2, 0.25) is 0 Å². The van der Waals surface area contributed by atoms with E-state index in [2.05, 4.69) is 10.6 Å². The maximum Gasteiger partial charge on any atom is 0.263 e. The van der Waals surface area contributed by atoms with Gasteiger partial charge in [0.15, 0.2) is 23.0 Å². The maximum absolute atomic E-state index is 12.3. The van der Waals surface area contributed by atoms with Crippen molar-refractivity contribution in [1.29, 1.82) is 5.26 Å². The van der Waals surface area contributed by atoms with Crippen LogP contribution in [0.15, 0.2) is 48.2 Å². The van der Waals surface area contributed by atoms with E-state index in [9.17, 15) is 10.1 Å². The topological polar surface area (TPSA) is 102 Å². The third-order valence-electron chi connectivity index (χ3n) is 4.67. The number of carbonyl (C=O) groups excluding carboxylic acids is 1. The Hall–Kier alpha value is -3.86. The summed E-state index contributed by atoms with van der Waals surface area (Å²) in [5.74, 6) is 2.32. The van der Waals surface area contributed by atoms with Crippen LogP contribution in [0.25, 0.3) is 0 Å². The Kier molecular flexibility index (Phi) is 8.21. The summed E-state index contributed by atoms with van der Waals surface area (Å²) in [6, 6.07) is 13.2. The van der Waals surface area contributed by atoms with E-state index in [1.807, 2.05) is 50.2 Å². The van der Waals surface area contributed by atoms with Gasteiger partial charge in [0.25, 0.3) is 5.91 Å². The monoisotopic (exact) mass is 437 g/mol. The summed E-state index contributed by atoms with van der Waals surface area (Å²) in [5.41, 5.74) is 1.92. The second kappa shape index (κ2) is 11.5. The summed E-state index contributed by atoms with van der Waals surface area (Å²) >= 11 is 0. The Morgan fingerprint density at radius 2 is 1.81 bits per heavy atom. The van der Waals surface area contributed by atoms with Crippen LogP contribution >= 0.6 is 0 Å². The van der Waals surface area contributed by atoms with E-state index in [-0.39, 0.29) is 18.9 Å². The third kappa shape index (κ3) is 6.08. The molecule has 2 aromatic carbocycles. The quantitative estimate of drug-likeness (QED) is 0.316. The molecule has 0 saturated heterocycles. The van der Waals surface area contributed by atoms with Gasteiger partial charge in [-0.25, -0.2) is 0 Å². The number of amides is 1. The van der Waals surface area contributed by atoms with Crippen LogP contribution in [0.1, 0.15) is 25.0 Å². The average Bonchev–Trinajstić information content (AvgIpc) is 3.27. The highest BCUT2D eigenvalue weighted by Gasteiger charge is 2.14. The van der Waals surface area contributed by atoms with Crippen LogP contribution in [0.5, 0.6) is 23.0 Å². The van der Waals surface area contributed by atoms with Gasteiger partial charge in [0.05, 0.1) is 13.2 Å². The number of carbonyl (C=O) groups is 1. The molecule has 32 heavy (non-hydrogen) atoms. The van der Waals surface area contributed by atoms with Crippen LogP contribution in [0.3, 0.4) is 0 Å². The average molecular weight is 437 g/mol. The van der Waals surface area contributed by atoms with Gasteiger partial charge in [-0.2, -0.15) is 5.26 Å². The van der Waals surface area contributed by atoms with Crippen molar-refractivity contribution < 1.29 is 23.7 Å². The molecule has 1 heterocycles. The normalized spacial score (nSPS) is 12.1. The number of nitriles is 1. The lowest BCUT2D eigenvalue weighted by molar-refractivity contribution is -0.117. The van der Waals surface area contributed by atoms with Gasteiger partial charge < -0.3 is 29.6 Å². The van der Waals surface area contributed by atoms with Gasteiger partial charge in [0, 0.05) is 19.3 Å². The second-order valence-corrected chi connectivity index (χ2v) is 6.89. The van der Waals surface area contributed by atoms with Gasteiger partial charge in [-0.3, -0.25) is 4.79 Å². The minimum atomic E-state index is -0.447. The van der Waals surface area contributed by atoms with Crippen LogP contribution in [-0.2, 0) is 17.8 Å². The number of hydrogen-bond donors (Lipinski definition) is 2. The maximum atomic E-state index is 12.3. The van der Waals surface area contributed by atoms with Gasteiger partial charge in [0.1, 0.15) is 11.6 Å². The fourth-order valence-electron chi connectivity index (χ4n) is 3.12. The molecular formula is C24H27N3O5. The van der Waals surface area contributed by atoms with E-state index in [0.29, 0.717) is 43.4 Å². The summed E-state index contributed by atoms with van der Waals surface area (Å²) in [4.78, 5) is 12.3. The van der Waals surface area contributed by atoms with Gasteiger partial charge in [-0.15, -0.1) is 0 Å². The predicted octanol–water partition coefficient (Wildman–Crippen LogP) is 3.07. The van der Waals surface area contributed by atoms with Crippen LogP contribution in [0.4, 0.5) is 0 Å². The molecule has 0 unspecified atom stereocenters. The van der Waals surface area contributed by atoms with Crippen molar-refractivity contribution in [3.63, 3.8) is 0 Å². The molecule has 0 atom stereocenters. The highest BCUT2D eigenvalue weighted by molar-refractivity contribution is 5.97. The smallest absolute Gasteiger partial charge is 0.263 e. The molecule has 0 spiro atoms. The molecule has 0 radical (unpaired) electrons. The van der Waals surface area contributed by atoms with Crippen LogP contribution in [0, 0.1) is 11.3 Å². The number of fused-ring (bicyclic) bond motifs is 1. The number of benzene rings is 2. The van der Waals surface area contributed by atoms with E-state index in [0.717, 1.165) is 16.9 Å². The highest BCUT2D eigenvalue weighted by Crippen LogP contribution is 2.32. The van der Waals surface area contributed by atoms with Crippen LogP contribution in [-0.4, -0.2) is 32.5 Å². The van der Waals surface area contributed by atoms with Gasteiger partial charge in [-0.05, 0) is 55.7 Å². The molecule has 8 heteroatoms. The number of hydrogen-bond acceptors (Lipinski definition) is 7. The first-order chi connectivity index (χ1) is 15.6. The zero-order chi connectivity index (χ0) is 22.8. The molecule has 0 bridgehead atoms. The van der Waals surface area contributed by atoms with Crippen LogP contribution < -0.4 is 29.6 Å². The van der Waals surface area contributed by atoms with Crippen molar-refractivity contribution in [2.24, 2.45) is 0 Å². The fraction of sp³-hybridized carbons (Fsp3) is 0.333. The zero-order valence-corrected chi connectivity index (χ0v) is 18.3. The SMILES string of the molecule is CCOc1ccc(CCN/C=C(/C#N)C(=O)NCc2ccc3c(c2)OCO3)cc1OCC. The lowest BCUT2D eigenvalue weighted by Crippen LogP contribution is -2.25. The Morgan fingerprint density at radius 1 is 1.06 bits per heavy atom. The van der Waals surface area contributed by atoms with E-state index >= 15 is 0 Å². The fourth-order valence-corrected chi connectivity index (χ4v) is 3.12. The highest BCUT2D eigenvalue weighted by atomic mass is 16.7. The molecule has 0 aromatic heterocycles. The number of ether oxygens (including phenoxy) is 4. The molecule has 0 saturated carbocycles. The van der Waals surface area contributed by atoms with Crippen molar-refractivity contribution in [2.45, 2.75) is 26.8 Å². The Bertz CT molecular complexity index is 1010. The third-order valence-corrected chi connectivity index (χ3v) is 4.67. The first-order valence-corrected chi connectivity index (χ1v) is 10.5. The first kappa shape index (κ1) is 22.8. The van der Waals surface area contributed by atoms with E-state index < -0.39 is 5.91 Å². The molecule has 1 aliphatic rings. The Balaban J connectivity index is 1.49. The number of nitrogens with one attached hydrogen (secondary N) is 2. The summed E-state index contributed by atoms with van der Waals surface area (Å²) < 4.78 is 21.8. The van der Waals surface area contributed by atoms with E-state index in [1.54, 1.807) is 6.07 Å². The Labute approximate surface area is 187 Å². The molecule has 168 valence electrons. The lowest BCUT2D eigenvalue weighted by Gasteiger charge is -2.12. The minimum absolute atomic E-state index is 0.00689. The first-order valence-electron chi connectivity index (χ1n) is 10.5. The molecule has 1 amide bonds. The summed E-state index contributed by atoms with van der Waals surface area (Å²) in [6.07, 6.45) is 2.13. The molecule has 2 aromatic rings. The zero-order valence-electron chi connectivity index (χ0n) is 18.3. The molecule has 1 aliphatic heterocycles. The molecule has 2 N–H and O–H groups in total. The predicted molar refractivity (Wildman–Crippen MR) is 119 cm³/mol.